The van der Waals surface area contributed by atoms with Gasteiger partial charge in [0.05, 0.1) is 48.5 Å². The largest absolute Gasteiger partial charge is 0.465 e. The highest BCUT2D eigenvalue weighted by molar-refractivity contribution is 6.00. The molecule has 0 amide bonds. The van der Waals surface area contributed by atoms with Gasteiger partial charge in [0, 0.05) is 5.56 Å². The number of H-pyrrole nitrogens is 2. The van der Waals surface area contributed by atoms with Gasteiger partial charge in [-0.05, 0) is 68.0 Å². The lowest BCUT2D eigenvalue weighted by Crippen LogP contribution is -2.14. The molecule has 2 aliphatic rings. The zero-order valence-corrected chi connectivity index (χ0v) is 21.2. The molecular weight excluding hydrogens is 464 g/mol. The summed E-state index contributed by atoms with van der Waals surface area (Å²) in [6.07, 6.45) is 8.25. The maximum atomic E-state index is 13.0. The molecule has 37 heavy (non-hydrogen) atoms. The van der Waals surface area contributed by atoms with E-state index in [1.54, 1.807) is 0 Å². The van der Waals surface area contributed by atoms with Crippen molar-refractivity contribution in [2.24, 2.45) is 0 Å². The molecule has 0 bridgehead atoms. The Kier molecular flexibility index (Phi) is 6.36. The highest BCUT2D eigenvalue weighted by Gasteiger charge is 2.23. The summed E-state index contributed by atoms with van der Waals surface area (Å²) >= 11 is 0. The predicted molar refractivity (Wildman–Crippen MR) is 143 cm³/mol. The number of carbonyl (C=O) groups excluding carboxylic acids is 1. The first-order valence-corrected chi connectivity index (χ1v) is 13.0. The molecule has 190 valence electrons. The molecule has 6 rings (SSSR count). The molecule has 2 saturated heterocycles. The van der Waals surface area contributed by atoms with Crippen LogP contribution in [0.3, 0.4) is 0 Å². The number of esters is 1. The second-order valence-electron chi connectivity index (χ2n) is 9.89. The molecule has 0 radical (unpaired) electrons. The summed E-state index contributed by atoms with van der Waals surface area (Å²) in [6, 6.07) is 12.8. The molecule has 0 spiro atoms. The third kappa shape index (κ3) is 4.47. The number of imidazole rings is 2. The molecule has 2 aromatic carbocycles. The topological polar surface area (TPSA) is 108 Å². The van der Waals surface area contributed by atoms with Crippen molar-refractivity contribution in [3.63, 3.8) is 0 Å². The Morgan fingerprint density at radius 2 is 1.38 bits per heavy atom. The maximum absolute atomic E-state index is 13.0. The standard InChI is InChI=1S/C29H32N6O2/c1-17-20(25-16-33-28(35-25)23-6-4-14-31-23)11-12-21(26(17)29(36)37-2)18-7-9-19(10-8-18)24-15-32-27(34-24)22-5-3-13-30-22/h7-12,15-16,22-23,30-31H,3-6,13-14H2,1-2H3,(H,32,34)(H,33,35). The molecule has 2 atom stereocenters. The molecule has 0 aliphatic carbocycles. The first-order valence-electron chi connectivity index (χ1n) is 13.0. The number of rotatable bonds is 6. The number of nitrogens with one attached hydrogen (secondary N) is 4. The number of hydrogen-bond acceptors (Lipinski definition) is 6. The average molecular weight is 497 g/mol. The lowest BCUT2D eigenvalue weighted by molar-refractivity contribution is 0.0601. The van der Waals surface area contributed by atoms with Crippen LogP contribution in [0.2, 0.25) is 0 Å². The second-order valence-corrected chi connectivity index (χ2v) is 9.89. The van der Waals surface area contributed by atoms with Gasteiger partial charge in [0.1, 0.15) is 11.6 Å². The number of aromatic amines is 2. The molecule has 2 fully saturated rings. The summed E-state index contributed by atoms with van der Waals surface area (Å²) < 4.78 is 5.21. The molecule has 2 aliphatic heterocycles. The van der Waals surface area contributed by atoms with Crippen molar-refractivity contribution in [2.45, 2.75) is 44.7 Å². The number of methoxy groups -OCH3 is 1. The van der Waals surface area contributed by atoms with Gasteiger partial charge in [-0.3, -0.25) is 0 Å². The summed E-state index contributed by atoms with van der Waals surface area (Å²) in [5.41, 5.74) is 7.13. The predicted octanol–water partition coefficient (Wildman–Crippen LogP) is 5.08. The quantitative estimate of drug-likeness (QED) is 0.277. The minimum Gasteiger partial charge on any atom is -0.465 e. The third-order valence-electron chi connectivity index (χ3n) is 7.62. The number of ether oxygens (including phenoxy) is 1. The van der Waals surface area contributed by atoms with Crippen LogP contribution < -0.4 is 10.6 Å². The summed E-state index contributed by atoms with van der Waals surface area (Å²) in [5.74, 6) is 1.58. The van der Waals surface area contributed by atoms with E-state index in [4.69, 9.17) is 4.74 Å². The van der Waals surface area contributed by atoms with Gasteiger partial charge in [-0.25, -0.2) is 14.8 Å². The molecule has 8 nitrogen and oxygen atoms in total. The monoisotopic (exact) mass is 496 g/mol. The van der Waals surface area contributed by atoms with E-state index in [1.165, 1.54) is 13.5 Å². The summed E-state index contributed by atoms with van der Waals surface area (Å²) in [7, 11) is 1.43. The normalized spacial score (nSPS) is 19.4. The smallest absolute Gasteiger partial charge is 0.338 e. The molecule has 8 heteroatoms. The Balaban J connectivity index is 1.31. The summed E-state index contributed by atoms with van der Waals surface area (Å²) in [6.45, 7) is 4.02. The van der Waals surface area contributed by atoms with E-state index < -0.39 is 0 Å². The first kappa shape index (κ1) is 23.6. The van der Waals surface area contributed by atoms with Crippen LogP contribution in [0.5, 0.6) is 0 Å². The van der Waals surface area contributed by atoms with Crippen molar-refractivity contribution in [1.29, 1.82) is 0 Å². The van der Waals surface area contributed by atoms with Gasteiger partial charge in [0.15, 0.2) is 0 Å². The molecular formula is C29H32N6O2. The van der Waals surface area contributed by atoms with Crippen LogP contribution in [0.25, 0.3) is 33.6 Å². The number of carbonyl (C=O) groups is 1. The van der Waals surface area contributed by atoms with E-state index >= 15 is 0 Å². The van der Waals surface area contributed by atoms with Crippen LogP contribution in [0.1, 0.15) is 65.3 Å². The van der Waals surface area contributed by atoms with Crippen molar-refractivity contribution >= 4 is 5.97 Å². The van der Waals surface area contributed by atoms with Crippen LogP contribution >= 0.6 is 0 Å². The lowest BCUT2D eigenvalue weighted by atomic mass is 9.91. The van der Waals surface area contributed by atoms with E-state index in [1.807, 2.05) is 37.5 Å². The fourth-order valence-corrected chi connectivity index (χ4v) is 5.59. The van der Waals surface area contributed by atoms with Crippen molar-refractivity contribution in [3.8, 4) is 33.6 Å². The molecule has 2 unspecified atom stereocenters. The molecule has 4 heterocycles. The third-order valence-corrected chi connectivity index (χ3v) is 7.62. The minimum absolute atomic E-state index is 0.257. The highest BCUT2D eigenvalue weighted by atomic mass is 16.5. The molecule has 4 N–H and O–H groups in total. The second kappa shape index (κ2) is 9.95. The number of aromatic nitrogens is 4. The Labute approximate surface area is 216 Å². The Morgan fingerprint density at radius 3 is 1.97 bits per heavy atom. The van der Waals surface area contributed by atoms with Crippen molar-refractivity contribution < 1.29 is 9.53 Å². The lowest BCUT2D eigenvalue weighted by Gasteiger charge is -2.15. The molecule has 4 aromatic rings. The van der Waals surface area contributed by atoms with Gasteiger partial charge in [-0.15, -0.1) is 0 Å². The minimum atomic E-state index is -0.349. The molecule has 2 aromatic heterocycles. The van der Waals surface area contributed by atoms with Gasteiger partial charge < -0.3 is 25.3 Å². The number of nitrogens with zero attached hydrogens (tertiary/aromatic N) is 2. The van der Waals surface area contributed by atoms with Gasteiger partial charge >= 0.3 is 5.97 Å². The van der Waals surface area contributed by atoms with Crippen LogP contribution in [0.4, 0.5) is 0 Å². The van der Waals surface area contributed by atoms with E-state index in [2.05, 4.69) is 48.8 Å². The van der Waals surface area contributed by atoms with E-state index in [0.717, 1.165) is 83.2 Å². The van der Waals surface area contributed by atoms with Crippen molar-refractivity contribution in [3.05, 3.63) is 71.6 Å². The zero-order valence-electron chi connectivity index (χ0n) is 21.2. The summed E-state index contributed by atoms with van der Waals surface area (Å²) in [4.78, 5) is 29.1. The fraction of sp³-hybridized carbons (Fsp3) is 0.345. The van der Waals surface area contributed by atoms with Crippen molar-refractivity contribution in [1.82, 2.24) is 30.6 Å². The van der Waals surface area contributed by atoms with Gasteiger partial charge in [0.25, 0.3) is 0 Å². The SMILES string of the molecule is COC(=O)c1c(-c2ccc(-c3cnc(C4CCCN4)[nH]3)cc2)ccc(-c2cnc(C3CCCN3)[nH]2)c1C. The first-order chi connectivity index (χ1) is 18.1. The average Bonchev–Trinajstić information content (AvgIpc) is 3.75. The maximum Gasteiger partial charge on any atom is 0.338 e. The zero-order chi connectivity index (χ0) is 25.4. The van der Waals surface area contributed by atoms with Gasteiger partial charge in [0.2, 0.25) is 0 Å². The van der Waals surface area contributed by atoms with Gasteiger partial charge in [-0.1, -0.05) is 36.4 Å². The van der Waals surface area contributed by atoms with Crippen LogP contribution in [-0.4, -0.2) is 46.1 Å². The fourth-order valence-electron chi connectivity index (χ4n) is 5.59. The highest BCUT2D eigenvalue weighted by Crippen LogP contribution is 2.35. The van der Waals surface area contributed by atoms with E-state index in [0.29, 0.717) is 11.6 Å². The summed E-state index contributed by atoms with van der Waals surface area (Å²) in [5, 5.41) is 6.96. The van der Waals surface area contributed by atoms with Gasteiger partial charge in [-0.2, -0.15) is 0 Å². The number of hydrogen-bond donors (Lipinski definition) is 4. The Morgan fingerprint density at radius 1 is 0.811 bits per heavy atom. The Bertz CT molecular complexity index is 1410. The Hall–Kier alpha value is -3.75. The van der Waals surface area contributed by atoms with Crippen LogP contribution in [0.15, 0.2) is 48.8 Å². The van der Waals surface area contributed by atoms with Crippen LogP contribution in [-0.2, 0) is 4.74 Å². The van der Waals surface area contributed by atoms with Crippen LogP contribution in [0, 0.1) is 6.92 Å². The molecule has 0 saturated carbocycles. The van der Waals surface area contributed by atoms with E-state index in [9.17, 15) is 4.79 Å². The van der Waals surface area contributed by atoms with Crippen molar-refractivity contribution in [2.75, 3.05) is 20.2 Å². The number of benzene rings is 2. The van der Waals surface area contributed by atoms with E-state index in [-0.39, 0.29) is 12.0 Å².